The molecule has 2 rings (SSSR count). The second-order valence-electron chi connectivity index (χ2n) is 4.77. The Kier molecular flexibility index (Phi) is 4.61. The number of aliphatic hydroxyl groups excluding tert-OH is 1. The van der Waals surface area contributed by atoms with Gasteiger partial charge in [-0.05, 0) is 17.7 Å². The van der Waals surface area contributed by atoms with Gasteiger partial charge in [-0.1, -0.05) is 17.7 Å². The molecule has 1 aliphatic heterocycles. The third-order valence-electron chi connectivity index (χ3n) is 3.42. The molecule has 1 heterocycles. The molecule has 1 aliphatic rings. The Morgan fingerprint density at radius 2 is 2.40 bits per heavy atom. The van der Waals surface area contributed by atoms with E-state index in [4.69, 9.17) is 21.6 Å². The molecule has 1 aromatic carbocycles. The average Bonchev–Trinajstić information content (AvgIpc) is 2.80. The highest BCUT2D eigenvalue weighted by atomic mass is 35.5. The number of carbonyl (C=O) groups is 1. The lowest BCUT2D eigenvalue weighted by Crippen LogP contribution is -2.36. The third kappa shape index (κ3) is 3.10. The summed E-state index contributed by atoms with van der Waals surface area (Å²) in [7, 11) is 1.33. The van der Waals surface area contributed by atoms with Crippen molar-refractivity contribution in [3.63, 3.8) is 0 Å². The molecule has 5 nitrogen and oxygen atoms in total. The van der Waals surface area contributed by atoms with Crippen LogP contribution >= 0.6 is 11.6 Å². The van der Waals surface area contributed by atoms with Gasteiger partial charge in [0.25, 0.3) is 0 Å². The molecule has 0 amide bonds. The van der Waals surface area contributed by atoms with Crippen LogP contribution in [0, 0.1) is 11.3 Å². The van der Waals surface area contributed by atoms with Crippen LogP contribution in [0.25, 0.3) is 0 Å². The van der Waals surface area contributed by atoms with E-state index >= 15 is 0 Å². The standard InChI is InChI=1S/C14H15ClN2O3/c1-20-14(19)13-5-12(18)8-17(13)7-9-2-3-11(15)4-10(9)6-16/h2-4,12-13,18H,5,7-8H2,1H3/t12-,13-/m1/s1. The third-order valence-corrected chi connectivity index (χ3v) is 3.66. The van der Waals surface area contributed by atoms with E-state index in [2.05, 4.69) is 6.07 Å². The van der Waals surface area contributed by atoms with Crippen molar-refractivity contribution in [1.29, 1.82) is 5.26 Å². The van der Waals surface area contributed by atoms with Crippen molar-refractivity contribution in [2.24, 2.45) is 0 Å². The number of hydrogen-bond acceptors (Lipinski definition) is 5. The Hall–Kier alpha value is -1.61. The molecule has 0 bridgehead atoms. The normalized spacial score (nSPS) is 22.5. The summed E-state index contributed by atoms with van der Waals surface area (Å²) in [6, 6.07) is 6.68. The lowest BCUT2D eigenvalue weighted by molar-refractivity contribution is -0.146. The fourth-order valence-electron chi connectivity index (χ4n) is 2.44. The van der Waals surface area contributed by atoms with Gasteiger partial charge in [0, 0.05) is 24.5 Å². The molecule has 1 N–H and O–H groups in total. The van der Waals surface area contributed by atoms with Crippen molar-refractivity contribution in [2.75, 3.05) is 13.7 Å². The van der Waals surface area contributed by atoms with Gasteiger partial charge in [0.15, 0.2) is 0 Å². The van der Waals surface area contributed by atoms with Gasteiger partial charge in [-0.15, -0.1) is 0 Å². The van der Waals surface area contributed by atoms with E-state index in [1.165, 1.54) is 7.11 Å². The van der Waals surface area contributed by atoms with E-state index in [9.17, 15) is 9.90 Å². The summed E-state index contributed by atoms with van der Waals surface area (Å²) in [5.41, 5.74) is 1.25. The lowest BCUT2D eigenvalue weighted by atomic mass is 10.1. The number of aliphatic hydroxyl groups is 1. The molecule has 0 aliphatic carbocycles. The molecule has 2 atom stereocenters. The summed E-state index contributed by atoms with van der Waals surface area (Å²) in [5.74, 6) is -0.367. The lowest BCUT2D eigenvalue weighted by Gasteiger charge is -2.22. The molecule has 0 spiro atoms. The van der Waals surface area contributed by atoms with Crippen LogP contribution < -0.4 is 0 Å². The molecule has 1 saturated heterocycles. The minimum Gasteiger partial charge on any atom is -0.468 e. The molecule has 0 radical (unpaired) electrons. The average molecular weight is 295 g/mol. The quantitative estimate of drug-likeness (QED) is 0.851. The number of carbonyl (C=O) groups excluding carboxylic acids is 1. The topological polar surface area (TPSA) is 73.6 Å². The fraction of sp³-hybridized carbons (Fsp3) is 0.429. The van der Waals surface area contributed by atoms with E-state index in [-0.39, 0.29) is 5.97 Å². The second kappa shape index (κ2) is 6.23. The first kappa shape index (κ1) is 14.8. The van der Waals surface area contributed by atoms with Crippen LogP contribution in [-0.2, 0) is 16.1 Å². The van der Waals surface area contributed by atoms with E-state index in [0.717, 1.165) is 5.56 Å². The van der Waals surface area contributed by atoms with Gasteiger partial charge in [0.05, 0.1) is 24.8 Å². The summed E-state index contributed by atoms with van der Waals surface area (Å²) in [6.45, 7) is 0.782. The maximum absolute atomic E-state index is 11.7. The molecular weight excluding hydrogens is 280 g/mol. The molecule has 0 unspecified atom stereocenters. The van der Waals surface area contributed by atoms with Crippen LogP contribution in [0.4, 0.5) is 0 Å². The zero-order chi connectivity index (χ0) is 14.7. The predicted octanol–water partition coefficient (Wildman–Crippen LogP) is 1.32. The molecule has 1 fully saturated rings. The Morgan fingerprint density at radius 3 is 3.05 bits per heavy atom. The first-order valence-corrected chi connectivity index (χ1v) is 6.61. The van der Waals surface area contributed by atoms with Gasteiger partial charge >= 0.3 is 5.97 Å². The smallest absolute Gasteiger partial charge is 0.323 e. The minimum atomic E-state index is -0.558. The van der Waals surface area contributed by atoms with Crippen LogP contribution in [0.5, 0.6) is 0 Å². The number of halogens is 1. The predicted molar refractivity (Wildman–Crippen MR) is 73.0 cm³/mol. The summed E-state index contributed by atoms with van der Waals surface area (Å²) >= 11 is 5.86. The largest absolute Gasteiger partial charge is 0.468 e. The first-order chi connectivity index (χ1) is 9.55. The molecular formula is C14H15ClN2O3. The Bertz CT molecular complexity index is 556. The summed E-state index contributed by atoms with van der Waals surface area (Å²) in [4.78, 5) is 13.5. The van der Waals surface area contributed by atoms with Crippen molar-refractivity contribution < 1.29 is 14.6 Å². The maximum Gasteiger partial charge on any atom is 0.323 e. The molecule has 0 aromatic heterocycles. The van der Waals surface area contributed by atoms with E-state index < -0.39 is 12.1 Å². The van der Waals surface area contributed by atoms with Crippen molar-refractivity contribution >= 4 is 17.6 Å². The Morgan fingerprint density at radius 1 is 1.65 bits per heavy atom. The van der Waals surface area contributed by atoms with Crippen molar-refractivity contribution in [2.45, 2.75) is 25.1 Å². The van der Waals surface area contributed by atoms with Gasteiger partial charge in [-0.25, -0.2) is 0 Å². The number of rotatable bonds is 3. The second-order valence-corrected chi connectivity index (χ2v) is 5.21. The van der Waals surface area contributed by atoms with Gasteiger partial charge in [-0.2, -0.15) is 5.26 Å². The van der Waals surface area contributed by atoms with Crippen LogP contribution in [0.2, 0.25) is 5.02 Å². The highest BCUT2D eigenvalue weighted by Gasteiger charge is 2.36. The summed E-state index contributed by atoms with van der Waals surface area (Å²) < 4.78 is 4.75. The molecule has 106 valence electrons. The number of benzene rings is 1. The summed E-state index contributed by atoms with van der Waals surface area (Å²) in [6.07, 6.45) is -0.209. The Labute approximate surface area is 122 Å². The fourth-order valence-corrected chi connectivity index (χ4v) is 2.62. The van der Waals surface area contributed by atoms with Gasteiger partial charge in [0.1, 0.15) is 6.04 Å². The van der Waals surface area contributed by atoms with Crippen LogP contribution in [0.15, 0.2) is 18.2 Å². The number of nitrogens with zero attached hydrogens (tertiary/aromatic N) is 2. The van der Waals surface area contributed by atoms with Crippen molar-refractivity contribution in [3.8, 4) is 6.07 Å². The van der Waals surface area contributed by atoms with E-state index in [0.29, 0.717) is 30.1 Å². The molecule has 6 heteroatoms. The summed E-state index contributed by atoms with van der Waals surface area (Å²) in [5, 5.41) is 19.3. The number of β-amino-alcohol motifs (C(OH)–C–C–N with tert-alkyl or cyclic N) is 1. The van der Waals surface area contributed by atoms with Gasteiger partial charge < -0.3 is 9.84 Å². The zero-order valence-corrected chi connectivity index (χ0v) is 11.8. The Balaban J connectivity index is 2.20. The van der Waals surface area contributed by atoms with E-state index in [1.54, 1.807) is 18.2 Å². The monoisotopic (exact) mass is 294 g/mol. The van der Waals surface area contributed by atoms with Crippen LogP contribution in [-0.4, -0.2) is 41.8 Å². The maximum atomic E-state index is 11.7. The number of ether oxygens (including phenoxy) is 1. The number of hydrogen-bond donors (Lipinski definition) is 1. The highest BCUT2D eigenvalue weighted by molar-refractivity contribution is 6.30. The van der Waals surface area contributed by atoms with Crippen molar-refractivity contribution in [1.82, 2.24) is 4.90 Å². The molecule has 20 heavy (non-hydrogen) atoms. The van der Waals surface area contributed by atoms with Crippen LogP contribution in [0.1, 0.15) is 17.5 Å². The SMILES string of the molecule is COC(=O)[C@H]1C[C@@H](O)CN1Cc1ccc(Cl)cc1C#N. The first-order valence-electron chi connectivity index (χ1n) is 6.23. The number of nitriles is 1. The molecule has 1 aromatic rings. The number of likely N-dealkylation sites (tertiary alicyclic amines) is 1. The zero-order valence-electron chi connectivity index (χ0n) is 11.0. The van der Waals surface area contributed by atoms with Crippen molar-refractivity contribution in [3.05, 3.63) is 34.3 Å². The highest BCUT2D eigenvalue weighted by Crippen LogP contribution is 2.24. The van der Waals surface area contributed by atoms with Gasteiger partial charge in [-0.3, -0.25) is 9.69 Å². The number of methoxy groups -OCH3 is 1. The van der Waals surface area contributed by atoms with Crippen LogP contribution in [0.3, 0.4) is 0 Å². The van der Waals surface area contributed by atoms with Gasteiger partial charge in [0.2, 0.25) is 0 Å². The molecule has 0 saturated carbocycles. The minimum absolute atomic E-state index is 0.349. The number of esters is 1. The van der Waals surface area contributed by atoms with E-state index in [1.807, 2.05) is 4.90 Å².